The second-order valence-corrected chi connectivity index (χ2v) is 5.06. The maximum atomic E-state index is 12.9. The largest absolute Gasteiger partial charge is 0.333 e. The molecule has 0 aliphatic carbocycles. The van der Waals surface area contributed by atoms with Crippen LogP contribution in [0.2, 0.25) is 0 Å². The molecule has 7 heteroatoms. The molecule has 1 aromatic heterocycles. The SMILES string of the molecule is NC[C@@H]1CCCN1C(=O)c1cn(-c2ccc(F)cc2)nn1. The smallest absolute Gasteiger partial charge is 0.276 e. The van der Waals surface area contributed by atoms with E-state index >= 15 is 0 Å². The number of halogens is 1. The summed E-state index contributed by atoms with van der Waals surface area (Å²) in [5, 5.41) is 7.84. The summed E-state index contributed by atoms with van der Waals surface area (Å²) < 4.78 is 14.4. The van der Waals surface area contributed by atoms with Crippen molar-refractivity contribution in [3.05, 3.63) is 42.0 Å². The molecule has 0 unspecified atom stereocenters. The van der Waals surface area contributed by atoms with Crippen LogP contribution in [0.15, 0.2) is 30.5 Å². The fraction of sp³-hybridized carbons (Fsp3) is 0.357. The van der Waals surface area contributed by atoms with E-state index in [4.69, 9.17) is 5.73 Å². The standard InChI is InChI=1S/C14H16FN5O/c15-10-3-5-11(6-4-10)20-9-13(17-18-20)14(21)19-7-1-2-12(19)8-16/h3-6,9,12H,1-2,7-8,16H2/t12-/m0/s1. The second kappa shape index (κ2) is 5.61. The fourth-order valence-corrected chi connectivity index (χ4v) is 2.58. The lowest BCUT2D eigenvalue weighted by Crippen LogP contribution is -2.40. The van der Waals surface area contributed by atoms with Crippen LogP contribution in [0.4, 0.5) is 4.39 Å². The summed E-state index contributed by atoms with van der Waals surface area (Å²) in [7, 11) is 0. The summed E-state index contributed by atoms with van der Waals surface area (Å²) in [6, 6.07) is 5.91. The molecule has 6 nitrogen and oxygen atoms in total. The third kappa shape index (κ3) is 2.64. The number of carbonyl (C=O) groups is 1. The molecule has 1 aliphatic rings. The number of hydrogen-bond acceptors (Lipinski definition) is 4. The van der Waals surface area contributed by atoms with Gasteiger partial charge < -0.3 is 10.6 Å². The van der Waals surface area contributed by atoms with Crippen molar-refractivity contribution in [2.24, 2.45) is 5.73 Å². The number of aromatic nitrogens is 3. The number of nitrogens with two attached hydrogens (primary N) is 1. The maximum absolute atomic E-state index is 12.9. The van der Waals surface area contributed by atoms with E-state index in [1.165, 1.54) is 16.8 Å². The summed E-state index contributed by atoms with van der Waals surface area (Å²) >= 11 is 0. The van der Waals surface area contributed by atoms with Gasteiger partial charge in [-0.1, -0.05) is 5.21 Å². The molecule has 1 aliphatic heterocycles. The third-order valence-corrected chi connectivity index (χ3v) is 3.71. The van der Waals surface area contributed by atoms with Crippen LogP contribution in [-0.2, 0) is 0 Å². The van der Waals surface area contributed by atoms with Crippen molar-refractivity contribution < 1.29 is 9.18 Å². The molecule has 2 heterocycles. The van der Waals surface area contributed by atoms with E-state index in [2.05, 4.69) is 10.3 Å². The lowest BCUT2D eigenvalue weighted by Gasteiger charge is -2.22. The molecule has 1 fully saturated rings. The predicted octanol–water partition coefficient (Wildman–Crippen LogP) is 0.970. The molecule has 110 valence electrons. The third-order valence-electron chi connectivity index (χ3n) is 3.71. The topological polar surface area (TPSA) is 77.0 Å². The molecule has 0 spiro atoms. The van der Waals surface area contributed by atoms with E-state index in [1.54, 1.807) is 23.2 Å². The van der Waals surface area contributed by atoms with Crippen molar-refractivity contribution in [1.29, 1.82) is 0 Å². The van der Waals surface area contributed by atoms with Crippen molar-refractivity contribution in [2.75, 3.05) is 13.1 Å². The molecule has 0 saturated carbocycles. The Bertz CT molecular complexity index is 639. The summed E-state index contributed by atoms with van der Waals surface area (Å²) in [6.45, 7) is 1.15. The molecule has 0 radical (unpaired) electrons. The zero-order valence-electron chi connectivity index (χ0n) is 11.4. The average Bonchev–Trinajstić information content (AvgIpc) is 3.16. The molecule has 2 N–H and O–H groups in total. The Morgan fingerprint density at radius 3 is 2.86 bits per heavy atom. The molecule has 1 aromatic carbocycles. The van der Waals surface area contributed by atoms with Gasteiger partial charge in [0.15, 0.2) is 5.69 Å². The van der Waals surface area contributed by atoms with Crippen molar-refractivity contribution in [3.8, 4) is 5.69 Å². The second-order valence-electron chi connectivity index (χ2n) is 5.06. The molecule has 1 atom stereocenters. The Labute approximate surface area is 121 Å². The first kappa shape index (κ1) is 13.7. The van der Waals surface area contributed by atoms with Gasteiger partial charge in [0, 0.05) is 19.1 Å². The Kier molecular flexibility index (Phi) is 3.66. The molecule has 1 amide bonds. The summed E-state index contributed by atoms with van der Waals surface area (Å²) in [4.78, 5) is 14.2. The van der Waals surface area contributed by atoms with Gasteiger partial charge in [0.05, 0.1) is 11.9 Å². The Morgan fingerprint density at radius 2 is 2.14 bits per heavy atom. The number of nitrogens with zero attached hydrogens (tertiary/aromatic N) is 4. The number of benzene rings is 1. The van der Waals surface area contributed by atoms with Crippen molar-refractivity contribution in [1.82, 2.24) is 19.9 Å². The lowest BCUT2D eigenvalue weighted by molar-refractivity contribution is 0.0735. The number of hydrogen-bond donors (Lipinski definition) is 1. The van der Waals surface area contributed by atoms with Crippen LogP contribution in [-0.4, -0.2) is 44.9 Å². The highest BCUT2D eigenvalue weighted by atomic mass is 19.1. The molecule has 0 bridgehead atoms. The van der Waals surface area contributed by atoms with E-state index in [9.17, 15) is 9.18 Å². The van der Waals surface area contributed by atoms with Crippen LogP contribution in [0.1, 0.15) is 23.3 Å². The van der Waals surface area contributed by atoms with Crippen LogP contribution >= 0.6 is 0 Å². The van der Waals surface area contributed by atoms with Gasteiger partial charge in [-0.2, -0.15) is 0 Å². The molecule has 21 heavy (non-hydrogen) atoms. The number of likely N-dealkylation sites (tertiary alicyclic amines) is 1. The number of rotatable bonds is 3. The minimum Gasteiger partial charge on any atom is -0.333 e. The summed E-state index contributed by atoms with van der Waals surface area (Å²) in [6.07, 6.45) is 3.44. The zero-order valence-corrected chi connectivity index (χ0v) is 11.4. The van der Waals surface area contributed by atoms with E-state index < -0.39 is 0 Å². The van der Waals surface area contributed by atoms with E-state index in [0.717, 1.165) is 12.8 Å². The van der Waals surface area contributed by atoms with Crippen LogP contribution < -0.4 is 5.73 Å². The van der Waals surface area contributed by atoms with E-state index in [0.29, 0.717) is 18.8 Å². The maximum Gasteiger partial charge on any atom is 0.276 e. The minimum absolute atomic E-state index is 0.0773. The first-order valence-electron chi connectivity index (χ1n) is 6.88. The van der Waals surface area contributed by atoms with Gasteiger partial charge in [-0.3, -0.25) is 4.79 Å². The molecule has 1 saturated heterocycles. The van der Waals surface area contributed by atoms with Gasteiger partial charge in [-0.05, 0) is 37.1 Å². The van der Waals surface area contributed by atoms with Gasteiger partial charge >= 0.3 is 0 Å². The van der Waals surface area contributed by atoms with E-state index in [-0.39, 0.29) is 23.5 Å². The fourth-order valence-electron chi connectivity index (χ4n) is 2.58. The predicted molar refractivity (Wildman–Crippen MR) is 74.4 cm³/mol. The van der Waals surface area contributed by atoms with Gasteiger partial charge in [0.1, 0.15) is 5.82 Å². The number of amides is 1. The van der Waals surface area contributed by atoms with Crippen molar-refractivity contribution >= 4 is 5.91 Å². The molecule has 2 aromatic rings. The molecular formula is C14H16FN5O. The molecule has 3 rings (SSSR count). The van der Waals surface area contributed by atoms with Crippen LogP contribution in [0, 0.1) is 5.82 Å². The monoisotopic (exact) mass is 289 g/mol. The first-order chi connectivity index (χ1) is 10.2. The van der Waals surface area contributed by atoms with Crippen molar-refractivity contribution in [2.45, 2.75) is 18.9 Å². The van der Waals surface area contributed by atoms with Crippen molar-refractivity contribution in [3.63, 3.8) is 0 Å². The van der Waals surface area contributed by atoms with Gasteiger partial charge in [0.25, 0.3) is 5.91 Å². The summed E-state index contributed by atoms with van der Waals surface area (Å²) in [5.41, 5.74) is 6.61. The lowest BCUT2D eigenvalue weighted by atomic mass is 10.2. The average molecular weight is 289 g/mol. The zero-order chi connectivity index (χ0) is 14.8. The van der Waals surface area contributed by atoms with E-state index in [1.807, 2.05) is 0 Å². The normalized spacial score (nSPS) is 18.2. The first-order valence-corrected chi connectivity index (χ1v) is 6.88. The van der Waals surface area contributed by atoms with Crippen LogP contribution in [0.25, 0.3) is 5.69 Å². The van der Waals surface area contributed by atoms with Crippen LogP contribution in [0.3, 0.4) is 0 Å². The Morgan fingerprint density at radius 1 is 1.38 bits per heavy atom. The quantitative estimate of drug-likeness (QED) is 0.913. The minimum atomic E-state index is -0.321. The highest BCUT2D eigenvalue weighted by Crippen LogP contribution is 2.19. The molecular weight excluding hydrogens is 273 g/mol. The highest BCUT2D eigenvalue weighted by Gasteiger charge is 2.29. The van der Waals surface area contributed by atoms with Crippen LogP contribution in [0.5, 0.6) is 0 Å². The van der Waals surface area contributed by atoms with Gasteiger partial charge in [-0.15, -0.1) is 5.10 Å². The Balaban J connectivity index is 1.81. The van der Waals surface area contributed by atoms with Gasteiger partial charge in [-0.25, -0.2) is 9.07 Å². The summed E-state index contributed by atoms with van der Waals surface area (Å²) in [5.74, 6) is -0.477. The highest BCUT2D eigenvalue weighted by molar-refractivity contribution is 5.92. The Hall–Kier alpha value is -2.28. The number of carbonyl (C=O) groups excluding carboxylic acids is 1. The van der Waals surface area contributed by atoms with Gasteiger partial charge in [0.2, 0.25) is 0 Å².